The van der Waals surface area contributed by atoms with Gasteiger partial charge < -0.3 is 18.8 Å². The molecule has 0 N–H and O–H groups in total. The van der Waals surface area contributed by atoms with Crippen molar-refractivity contribution in [3.63, 3.8) is 0 Å². The van der Waals surface area contributed by atoms with Gasteiger partial charge in [0.25, 0.3) is 10.0 Å². The van der Waals surface area contributed by atoms with Crippen LogP contribution in [0, 0.1) is 0 Å². The van der Waals surface area contributed by atoms with E-state index in [2.05, 4.69) is 4.57 Å². The largest absolute Gasteiger partial charge is 0.493 e. The van der Waals surface area contributed by atoms with Crippen LogP contribution >= 0.6 is 11.3 Å². The van der Waals surface area contributed by atoms with E-state index in [1.54, 1.807) is 31.7 Å². The number of sulfonamides is 1. The summed E-state index contributed by atoms with van der Waals surface area (Å²) in [5, 5.41) is 0. The molecule has 4 rings (SSSR count). The number of aromatic nitrogens is 1. The van der Waals surface area contributed by atoms with Crippen LogP contribution in [0.4, 0.5) is 0 Å². The molecule has 2 aromatic heterocycles. The molecular weight excluding hydrogens is 436 g/mol. The summed E-state index contributed by atoms with van der Waals surface area (Å²) >= 11 is 1.33. The zero-order valence-corrected chi connectivity index (χ0v) is 19.6. The van der Waals surface area contributed by atoms with E-state index in [1.165, 1.54) is 11.3 Å². The number of ether oxygens (including phenoxy) is 3. The highest BCUT2D eigenvalue weighted by molar-refractivity contribution is 7.91. The van der Waals surface area contributed by atoms with Gasteiger partial charge in [0.05, 0.1) is 27.4 Å². The van der Waals surface area contributed by atoms with Crippen molar-refractivity contribution in [1.82, 2.24) is 8.87 Å². The summed E-state index contributed by atoms with van der Waals surface area (Å²) in [6.07, 6.45) is 2.78. The Morgan fingerprint density at radius 2 is 1.74 bits per heavy atom. The number of nitrogens with zero attached hydrogens (tertiary/aromatic N) is 2. The van der Waals surface area contributed by atoms with Gasteiger partial charge >= 0.3 is 0 Å². The number of methoxy groups -OCH3 is 3. The zero-order valence-electron chi connectivity index (χ0n) is 18.0. The van der Waals surface area contributed by atoms with Crippen molar-refractivity contribution in [1.29, 1.82) is 0 Å². The molecule has 1 atom stereocenters. The predicted octanol–water partition coefficient (Wildman–Crippen LogP) is 3.93. The van der Waals surface area contributed by atoms with Gasteiger partial charge in [0.2, 0.25) is 5.75 Å². The fraction of sp³-hybridized carbons (Fsp3) is 0.364. The first-order valence-corrected chi connectivity index (χ1v) is 12.3. The average molecular weight is 463 g/mol. The quantitative estimate of drug-likeness (QED) is 0.532. The summed E-state index contributed by atoms with van der Waals surface area (Å²) in [7, 11) is 0.953. The van der Waals surface area contributed by atoms with E-state index in [0.29, 0.717) is 34.5 Å². The van der Waals surface area contributed by atoms with E-state index >= 15 is 0 Å². The smallest absolute Gasteiger partial charge is 0.253 e. The Morgan fingerprint density at radius 1 is 1.03 bits per heavy atom. The second-order valence-corrected chi connectivity index (χ2v) is 10.5. The number of benzene rings is 1. The third-order valence-electron chi connectivity index (χ3n) is 5.55. The van der Waals surface area contributed by atoms with Gasteiger partial charge in [-0.15, -0.1) is 11.3 Å². The van der Waals surface area contributed by atoms with E-state index in [4.69, 9.17) is 14.2 Å². The summed E-state index contributed by atoms with van der Waals surface area (Å²) in [5.41, 5.74) is 1.65. The molecular formula is C22H26N2O5S2. The van der Waals surface area contributed by atoms with Crippen molar-refractivity contribution in [2.24, 2.45) is 0 Å². The molecule has 0 spiro atoms. The van der Waals surface area contributed by atoms with Crippen LogP contribution in [0.5, 0.6) is 17.2 Å². The Morgan fingerprint density at radius 3 is 2.32 bits per heavy atom. The van der Waals surface area contributed by atoms with Gasteiger partial charge in [0, 0.05) is 29.9 Å². The molecule has 7 nitrogen and oxygen atoms in total. The first kappa shape index (κ1) is 21.7. The molecule has 0 radical (unpaired) electrons. The van der Waals surface area contributed by atoms with Gasteiger partial charge in [-0.05, 0) is 48.4 Å². The molecule has 0 fully saturated rings. The second kappa shape index (κ2) is 8.57. The fourth-order valence-electron chi connectivity index (χ4n) is 4.02. The van der Waals surface area contributed by atoms with Crippen molar-refractivity contribution in [3.8, 4) is 17.2 Å². The standard InChI is InChI=1S/C22H26N2O5S2/c1-5-16-8-9-20(30-16)31(25,26)24-12-11-23-10-6-7-17(23)21(24)15-13-18(27-2)22(29-4)19(14-15)28-3/h6-10,13-14,21H,5,11-12H2,1-4H3. The topological polar surface area (TPSA) is 70.0 Å². The van der Waals surface area contributed by atoms with Crippen molar-refractivity contribution >= 4 is 21.4 Å². The Balaban J connectivity index is 1.88. The molecule has 1 aromatic carbocycles. The number of fused-ring (bicyclic) bond motifs is 1. The zero-order chi connectivity index (χ0) is 22.2. The van der Waals surface area contributed by atoms with E-state index in [0.717, 1.165) is 22.6 Å². The first-order valence-electron chi connectivity index (χ1n) is 10.00. The van der Waals surface area contributed by atoms with Crippen LogP contribution in [0.25, 0.3) is 0 Å². The van der Waals surface area contributed by atoms with Crippen molar-refractivity contribution in [2.75, 3.05) is 27.9 Å². The molecule has 0 amide bonds. The maximum absolute atomic E-state index is 13.7. The summed E-state index contributed by atoms with van der Waals surface area (Å²) in [6.45, 7) is 2.98. The van der Waals surface area contributed by atoms with Crippen LogP contribution in [0.2, 0.25) is 0 Å². The van der Waals surface area contributed by atoms with E-state index in [1.807, 2.05) is 43.5 Å². The Hall–Kier alpha value is -2.49. The Kier molecular flexibility index (Phi) is 6.00. The van der Waals surface area contributed by atoms with E-state index < -0.39 is 16.1 Å². The van der Waals surface area contributed by atoms with Crippen LogP contribution in [0.3, 0.4) is 0 Å². The highest BCUT2D eigenvalue weighted by atomic mass is 32.2. The van der Waals surface area contributed by atoms with Gasteiger partial charge in [0.15, 0.2) is 11.5 Å². The maximum Gasteiger partial charge on any atom is 0.253 e. The number of rotatable bonds is 7. The number of hydrogen-bond acceptors (Lipinski definition) is 6. The minimum Gasteiger partial charge on any atom is -0.493 e. The van der Waals surface area contributed by atoms with Crippen molar-refractivity contribution in [3.05, 3.63) is 58.7 Å². The lowest BCUT2D eigenvalue weighted by molar-refractivity contribution is 0.293. The molecule has 3 aromatic rings. The molecule has 1 aliphatic heterocycles. The molecule has 1 aliphatic rings. The lowest BCUT2D eigenvalue weighted by Crippen LogP contribution is -2.42. The summed E-state index contributed by atoms with van der Waals surface area (Å²) in [4.78, 5) is 1.04. The molecule has 166 valence electrons. The fourth-order valence-corrected chi connectivity index (χ4v) is 7.02. The molecule has 31 heavy (non-hydrogen) atoms. The first-order chi connectivity index (χ1) is 14.9. The Labute approximate surface area is 186 Å². The molecule has 1 unspecified atom stereocenters. The van der Waals surface area contributed by atoms with Crippen LogP contribution in [0.15, 0.2) is 46.8 Å². The van der Waals surface area contributed by atoms with Gasteiger partial charge in [-0.3, -0.25) is 0 Å². The normalized spacial score (nSPS) is 16.7. The molecule has 9 heteroatoms. The summed E-state index contributed by atoms with van der Waals surface area (Å²) in [6, 6.07) is 10.6. The van der Waals surface area contributed by atoms with Crippen LogP contribution < -0.4 is 14.2 Å². The monoisotopic (exact) mass is 462 g/mol. The maximum atomic E-state index is 13.7. The predicted molar refractivity (Wildman–Crippen MR) is 120 cm³/mol. The number of hydrogen-bond donors (Lipinski definition) is 0. The molecule has 0 saturated carbocycles. The second-order valence-electron chi connectivity index (χ2n) is 7.18. The molecule has 3 heterocycles. The molecule has 0 saturated heterocycles. The lowest BCUT2D eigenvalue weighted by atomic mass is 10.0. The van der Waals surface area contributed by atoms with Crippen LogP contribution in [-0.2, 0) is 23.0 Å². The highest BCUT2D eigenvalue weighted by Gasteiger charge is 2.39. The SMILES string of the molecule is CCc1ccc(S(=O)(=O)N2CCn3cccc3C2c2cc(OC)c(OC)c(OC)c2)s1. The van der Waals surface area contributed by atoms with Gasteiger partial charge in [-0.1, -0.05) is 6.92 Å². The third kappa shape index (κ3) is 3.71. The van der Waals surface area contributed by atoms with Gasteiger partial charge in [0.1, 0.15) is 4.21 Å². The summed E-state index contributed by atoms with van der Waals surface area (Å²) in [5.74, 6) is 1.45. The van der Waals surface area contributed by atoms with E-state index in [9.17, 15) is 8.42 Å². The summed E-state index contributed by atoms with van der Waals surface area (Å²) < 4.78 is 47.9. The van der Waals surface area contributed by atoms with Crippen molar-refractivity contribution < 1.29 is 22.6 Å². The third-order valence-corrected chi connectivity index (χ3v) is 9.11. The van der Waals surface area contributed by atoms with Crippen LogP contribution in [0.1, 0.15) is 29.1 Å². The van der Waals surface area contributed by atoms with Gasteiger partial charge in [-0.2, -0.15) is 4.31 Å². The van der Waals surface area contributed by atoms with E-state index in [-0.39, 0.29) is 0 Å². The Bertz CT molecular complexity index is 1160. The number of thiophene rings is 1. The molecule has 0 aliphatic carbocycles. The average Bonchev–Trinajstić information content (AvgIpc) is 3.46. The number of aryl methyl sites for hydroxylation is 1. The van der Waals surface area contributed by atoms with Gasteiger partial charge in [-0.25, -0.2) is 8.42 Å². The minimum atomic E-state index is -3.70. The molecule has 0 bridgehead atoms. The lowest BCUT2D eigenvalue weighted by Gasteiger charge is -2.36. The highest BCUT2D eigenvalue weighted by Crippen LogP contribution is 2.44. The minimum absolute atomic E-state index is 0.363. The van der Waals surface area contributed by atoms with Crippen molar-refractivity contribution in [2.45, 2.75) is 30.1 Å². The van der Waals surface area contributed by atoms with Crippen LogP contribution in [-0.4, -0.2) is 45.2 Å².